The molecule has 30 heavy (non-hydrogen) atoms. The van der Waals surface area contributed by atoms with Crippen LogP contribution in [-0.2, 0) is 24.2 Å². The van der Waals surface area contributed by atoms with Gasteiger partial charge in [0.15, 0.2) is 0 Å². The molecule has 0 unspecified atom stereocenters. The highest BCUT2D eigenvalue weighted by atomic mass is 32.1. The SMILES string of the molecule is CC(C)Cc1nc2sc3c(N4CCCC[C@H]4C)ncnc3c2c2c1COC(C)(C)C2. The zero-order chi connectivity index (χ0) is 21.0. The molecule has 1 saturated heterocycles. The molecule has 160 valence electrons. The number of thiophene rings is 1. The lowest BCUT2D eigenvalue weighted by atomic mass is 9.88. The molecule has 5 nitrogen and oxygen atoms in total. The van der Waals surface area contributed by atoms with E-state index in [0.29, 0.717) is 18.6 Å². The Balaban J connectivity index is 1.76. The number of aromatic nitrogens is 3. The van der Waals surface area contributed by atoms with E-state index in [4.69, 9.17) is 19.7 Å². The van der Waals surface area contributed by atoms with Gasteiger partial charge in [0.05, 0.1) is 22.4 Å². The van der Waals surface area contributed by atoms with Crippen LogP contribution >= 0.6 is 11.3 Å². The minimum atomic E-state index is -0.165. The summed E-state index contributed by atoms with van der Waals surface area (Å²) in [5.74, 6) is 1.66. The van der Waals surface area contributed by atoms with Crippen LogP contribution in [0.5, 0.6) is 0 Å². The third-order valence-corrected chi connectivity index (χ3v) is 7.64. The predicted octanol–water partition coefficient (Wildman–Crippen LogP) is 5.67. The van der Waals surface area contributed by atoms with E-state index in [-0.39, 0.29) is 5.60 Å². The monoisotopic (exact) mass is 424 g/mol. The molecule has 1 fully saturated rings. The van der Waals surface area contributed by atoms with Crippen LogP contribution in [-0.4, -0.2) is 33.1 Å². The van der Waals surface area contributed by atoms with Crippen LogP contribution in [0.2, 0.25) is 0 Å². The number of ether oxygens (including phenoxy) is 1. The van der Waals surface area contributed by atoms with E-state index in [0.717, 1.165) is 35.6 Å². The molecule has 1 atom stereocenters. The van der Waals surface area contributed by atoms with Crippen molar-refractivity contribution in [3.63, 3.8) is 0 Å². The zero-order valence-electron chi connectivity index (χ0n) is 18.8. The summed E-state index contributed by atoms with van der Waals surface area (Å²) >= 11 is 1.78. The van der Waals surface area contributed by atoms with E-state index in [1.165, 1.54) is 46.2 Å². The quantitative estimate of drug-likeness (QED) is 0.542. The van der Waals surface area contributed by atoms with Gasteiger partial charge < -0.3 is 9.64 Å². The lowest BCUT2D eigenvalue weighted by molar-refractivity contribution is -0.0402. The second-order valence-corrected chi connectivity index (χ2v) is 11.0. The van der Waals surface area contributed by atoms with Gasteiger partial charge in [0.1, 0.15) is 17.0 Å². The van der Waals surface area contributed by atoms with Gasteiger partial charge in [0.2, 0.25) is 0 Å². The largest absolute Gasteiger partial charge is 0.370 e. The first-order valence-corrected chi connectivity index (χ1v) is 12.1. The van der Waals surface area contributed by atoms with Crippen molar-refractivity contribution in [2.75, 3.05) is 11.4 Å². The second kappa shape index (κ2) is 7.41. The Kier molecular flexibility index (Phi) is 4.98. The first kappa shape index (κ1) is 20.1. The van der Waals surface area contributed by atoms with Crippen molar-refractivity contribution < 1.29 is 4.74 Å². The van der Waals surface area contributed by atoms with Gasteiger partial charge in [-0.3, -0.25) is 0 Å². The molecule has 0 spiro atoms. The number of nitrogens with zero attached hydrogens (tertiary/aromatic N) is 4. The minimum Gasteiger partial charge on any atom is -0.370 e. The summed E-state index contributed by atoms with van der Waals surface area (Å²) in [6.45, 7) is 12.9. The van der Waals surface area contributed by atoms with Crippen molar-refractivity contribution in [3.05, 3.63) is 23.1 Å². The Labute approximate surface area is 182 Å². The number of anilines is 1. The van der Waals surface area contributed by atoms with Crippen LogP contribution in [0.3, 0.4) is 0 Å². The molecular weight excluding hydrogens is 392 g/mol. The van der Waals surface area contributed by atoms with Gasteiger partial charge in [0.25, 0.3) is 0 Å². The molecule has 0 N–H and O–H groups in total. The molecule has 0 aliphatic carbocycles. The molecule has 3 aromatic heterocycles. The fraction of sp³-hybridized carbons (Fsp3) is 0.625. The standard InChI is InChI=1S/C24H32N4OS/c1-14(2)10-18-17-12-29-24(4,5)11-16(17)19-20-21(30-23(19)27-18)22(26-13-25-20)28-9-7-6-8-15(28)3/h13-15H,6-12H2,1-5H3/t15-/m1/s1. The maximum Gasteiger partial charge on any atom is 0.150 e. The fourth-order valence-electron chi connectivity index (χ4n) is 5.03. The Hall–Kier alpha value is -1.79. The Bertz CT molecular complexity index is 1100. The average molecular weight is 425 g/mol. The zero-order valence-corrected chi connectivity index (χ0v) is 19.6. The topological polar surface area (TPSA) is 51.1 Å². The molecule has 0 bridgehead atoms. The molecular formula is C24H32N4OS. The van der Waals surface area contributed by atoms with E-state index in [1.807, 2.05) is 0 Å². The first-order chi connectivity index (χ1) is 14.3. The van der Waals surface area contributed by atoms with Gasteiger partial charge in [0, 0.05) is 35.7 Å². The first-order valence-electron chi connectivity index (χ1n) is 11.3. The fourth-order valence-corrected chi connectivity index (χ4v) is 6.22. The van der Waals surface area contributed by atoms with Crippen molar-refractivity contribution >= 4 is 37.6 Å². The molecule has 5 heterocycles. The maximum absolute atomic E-state index is 6.21. The van der Waals surface area contributed by atoms with Gasteiger partial charge in [-0.1, -0.05) is 13.8 Å². The smallest absolute Gasteiger partial charge is 0.150 e. The summed E-state index contributed by atoms with van der Waals surface area (Å²) in [7, 11) is 0. The van der Waals surface area contributed by atoms with Crippen molar-refractivity contribution in [1.29, 1.82) is 0 Å². The third-order valence-electron chi connectivity index (χ3n) is 6.57. The molecule has 0 saturated carbocycles. The molecule has 0 aromatic carbocycles. The summed E-state index contributed by atoms with van der Waals surface area (Å²) in [5, 5.41) is 1.24. The summed E-state index contributed by atoms with van der Waals surface area (Å²) < 4.78 is 7.40. The molecule has 0 radical (unpaired) electrons. The molecule has 3 aromatic rings. The molecule has 6 heteroatoms. The van der Waals surface area contributed by atoms with Crippen LogP contribution in [0.15, 0.2) is 6.33 Å². The Morgan fingerprint density at radius 1 is 1.23 bits per heavy atom. The van der Waals surface area contributed by atoms with Crippen LogP contribution in [0.25, 0.3) is 20.4 Å². The number of hydrogen-bond acceptors (Lipinski definition) is 6. The van der Waals surface area contributed by atoms with Crippen molar-refractivity contribution in [3.8, 4) is 0 Å². The van der Waals surface area contributed by atoms with Crippen molar-refractivity contribution in [2.24, 2.45) is 5.92 Å². The summed E-state index contributed by atoms with van der Waals surface area (Å²) in [6.07, 6.45) is 7.41. The van der Waals surface area contributed by atoms with Crippen LogP contribution in [0.4, 0.5) is 5.82 Å². The van der Waals surface area contributed by atoms with E-state index in [9.17, 15) is 0 Å². The highest BCUT2D eigenvalue weighted by Gasteiger charge is 2.32. The van der Waals surface area contributed by atoms with Gasteiger partial charge in [-0.15, -0.1) is 11.3 Å². The lowest BCUT2D eigenvalue weighted by Crippen LogP contribution is -2.38. The number of rotatable bonds is 3. The summed E-state index contributed by atoms with van der Waals surface area (Å²) in [6, 6.07) is 0.521. The van der Waals surface area contributed by atoms with E-state index in [1.54, 1.807) is 17.7 Å². The molecule has 0 amide bonds. The lowest BCUT2D eigenvalue weighted by Gasteiger charge is -2.34. The van der Waals surface area contributed by atoms with Gasteiger partial charge in [-0.25, -0.2) is 15.0 Å². The predicted molar refractivity (Wildman–Crippen MR) is 124 cm³/mol. The molecule has 2 aliphatic heterocycles. The number of piperidine rings is 1. The molecule has 5 rings (SSSR count). The number of fused-ring (bicyclic) bond motifs is 5. The van der Waals surface area contributed by atoms with Gasteiger partial charge in [-0.2, -0.15) is 0 Å². The highest BCUT2D eigenvalue weighted by Crippen LogP contribution is 2.43. The van der Waals surface area contributed by atoms with E-state index in [2.05, 4.69) is 39.5 Å². The van der Waals surface area contributed by atoms with Gasteiger partial charge >= 0.3 is 0 Å². The van der Waals surface area contributed by atoms with Crippen LogP contribution in [0.1, 0.15) is 70.7 Å². The van der Waals surface area contributed by atoms with E-state index >= 15 is 0 Å². The Morgan fingerprint density at radius 2 is 2.07 bits per heavy atom. The normalized spacial score (nSPS) is 21.5. The van der Waals surface area contributed by atoms with Gasteiger partial charge in [-0.05, 0) is 57.9 Å². The van der Waals surface area contributed by atoms with Crippen LogP contribution < -0.4 is 4.90 Å². The van der Waals surface area contributed by atoms with Crippen LogP contribution in [0, 0.1) is 5.92 Å². The average Bonchev–Trinajstić information content (AvgIpc) is 3.06. The minimum absolute atomic E-state index is 0.165. The maximum atomic E-state index is 6.21. The highest BCUT2D eigenvalue weighted by molar-refractivity contribution is 7.26. The van der Waals surface area contributed by atoms with Crippen molar-refractivity contribution in [2.45, 2.75) is 85.0 Å². The second-order valence-electron chi connectivity index (χ2n) is 10.0. The summed E-state index contributed by atoms with van der Waals surface area (Å²) in [5.41, 5.74) is 4.81. The Morgan fingerprint density at radius 3 is 2.83 bits per heavy atom. The molecule has 2 aliphatic rings. The number of hydrogen-bond donors (Lipinski definition) is 0. The third kappa shape index (κ3) is 3.38. The number of pyridine rings is 1. The summed E-state index contributed by atoms with van der Waals surface area (Å²) in [4.78, 5) is 18.3. The van der Waals surface area contributed by atoms with Crippen molar-refractivity contribution in [1.82, 2.24) is 15.0 Å². The van der Waals surface area contributed by atoms with E-state index < -0.39 is 0 Å².